The van der Waals surface area contributed by atoms with E-state index in [2.05, 4.69) is 20.3 Å². The molecule has 22 heavy (non-hydrogen) atoms. The molecule has 1 amide bonds. The first-order chi connectivity index (χ1) is 10.0. The van der Waals surface area contributed by atoms with Gasteiger partial charge in [0.1, 0.15) is 5.60 Å². The predicted molar refractivity (Wildman–Crippen MR) is 72.6 cm³/mol. The van der Waals surface area contributed by atoms with Gasteiger partial charge in [-0.1, -0.05) is 0 Å². The van der Waals surface area contributed by atoms with Crippen molar-refractivity contribution in [1.82, 2.24) is 10.2 Å². The van der Waals surface area contributed by atoms with Crippen LogP contribution in [0.4, 0.5) is 23.7 Å². The number of nitrogens with one attached hydrogen (secondary N) is 2. The number of benzene rings is 1. The maximum atomic E-state index is 12.5. The summed E-state index contributed by atoms with van der Waals surface area (Å²) in [7, 11) is 0. The normalized spacial score (nSPS) is 12.3. The second-order valence-electron chi connectivity index (χ2n) is 5.48. The van der Waals surface area contributed by atoms with Crippen molar-refractivity contribution in [3.8, 4) is 5.75 Å². The fourth-order valence-corrected chi connectivity index (χ4v) is 1.69. The number of alkyl halides is 3. The largest absolute Gasteiger partial charge is 0.573 e. The molecule has 1 aromatic carbocycles. The van der Waals surface area contributed by atoms with Gasteiger partial charge in [0.15, 0.2) is 5.75 Å². The summed E-state index contributed by atoms with van der Waals surface area (Å²) < 4.78 is 46.3. The number of hydrogen-bond acceptors (Lipinski definition) is 4. The van der Waals surface area contributed by atoms with Crippen LogP contribution in [0.15, 0.2) is 18.3 Å². The van der Waals surface area contributed by atoms with E-state index >= 15 is 0 Å². The zero-order valence-corrected chi connectivity index (χ0v) is 12.0. The van der Waals surface area contributed by atoms with Crippen molar-refractivity contribution in [3.63, 3.8) is 0 Å². The van der Waals surface area contributed by atoms with Crippen LogP contribution in [-0.4, -0.2) is 28.3 Å². The molecule has 1 aromatic heterocycles. The number of H-pyrrole nitrogens is 1. The van der Waals surface area contributed by atoms with E-state index in [1.165, 1.54) is 12.3 Å². The summed E-state index contributed by atoms with van der Waals surface area (Å²) in [6.07, 6.45) is -4.43. The highest BCUT2D eigenvalue weighted by Gasteiger charge is 2.33. The Morgan fingerprint density at radius 2 is 1.95 bits per heavy atom. The van der Waals surface area contributed by atoms with E-state index in [0.29, 0.717) is 10.9 Å². The Balaban J connectivity index is 2.33. The molecule has 120 valence electrons. The van der Waals surface area contributed by atoms with E-state index in [-0.39, 0.29) is 5.69 Å². The van der Waals surface area contributed by atoms with Crippen LogP contribution in [0, 0.1) is 0 Å². The summed E-state index contributed by atoms with van der Waals surface area (Å²) in [5, 5.41) is 8.95. The predicted octanol–water partition coefficient (Wildman–Crippen LogP) is 3.81. The highest BCUT2D eigenvalue weighted by molar-refractivity contribution is 5.92. The van der Waals surface area contributed by atoms with Crippen LogP contribution in [-0.2, 0) is 4.74 Å². The van der Waals surface area contributed by atoms with Gasteiger partial charge in [0.25, 0.3) is 0 Å². The number of nitrogens with zero attached hydrogens (tertiary/aromatic N) is 1. The molecule has 2 rings (SSSR count). The number of rotatable bonds is 2. The summed E-state index contributed by atoms with van der Waals surface area (Å²) in [4.78, 5) is 11.7. The van der Waals surface area contributed by atoms with E-state index in [0.717, 1.165) is 6.07 Å². The number of ether oxygens (including phenoxy) is 2. The highest BCUT2D eigenvalue weighted by atomic mass is 19.4. The number of carbonyl (C=O) groups excluding carboxylic acids is 1. The van der Waals surface area contributed by atoms with Gasteiger partial charge < -0.3 is 9.47 Å². The molecule has 0 saturated carbocycles. The third-order valence-electron chi connectivity index (χ3n) is 2.40. The lowest BCUT2D eigenvalue weighted by molar-refractivity contribution is -0.274. The Hall–Kier alpha value is -2.45. The van der Waals surface area contributed by atoms with Gasteiger partial charge in [-0.25, -0.2) is 4.79 Å². The average Bonchev–Trinajstić information content (AvgIpc) is 2.71. The Morgan fingerprint density at radius 1 is 1.27 bits per heavy atom. The molecule has 6 nitrogen and oxygen atoms in total. The average molecular weight is 317 g/mol. The van der Waals surface area contributed by atoms with Crippen molar-refractivity contribution in [1.29, 1.82) is 0 Å². The van der Waals surface area contributed by atoms with Crippen molar-refractivity contribution in [3.05, 3.63) is 18.3 Å². The Bertz CT molecular complexity index is 689. The zero-order chi connectivity index (χ0) is 16.5. The second kappa shape index (κ2) is 5.39. The summed E-state index contributed by atoms with van der Waals surface area (Å²) in [6, 6.07) is 2.41. The molecular formula is C13H14F3N3O3. The fourth-order valence-electron chi connectivity index (χ4n) is 1.69. The molecule has 0 aliphatic rings. The van der Waals surface area contributed by atoms with Crippen LogP contribution in [0.3, 0.4) is 0 Å². The van der Waals surface area contributed by atoms with Gasteiger partial charge in [0, 0.05) is 5.39 Å². The van der Waals surface area contributed by atoms with Crippen LogP contribution in [0.1, 0.15) is 20.8 Å². The highest BCUT2D eigenvalue weighted by Crippen LogP contribution is 2.34. The molecule has 1 heterocycles. The smallest absolute Gasteiger partial charge is 0.444 e. The molecular weight excluding hydrogens is 303 g/mol. The van der Waals surface area contributed by atoms with Gasteiger partial charge >= 0.3 is 12.5 Å². The molecule has 0 aliphatic carbocycles. The van der Waals surface area contributed by atoms with E-state index in [9.17, 15) is 18.0 Å². The van der Waals surface area contributed by atoms with Gasteiger partial charge in [-0.05, 0) is 32.9 Å². The lowest BCUT2D eigenvalue weighted by atomic mass is 10.2. The van der Waals surface area contributed by atoms with Crippen LogP contribution in [0.2, 0.25) is 0 Å². The first-order valence-electron chi connectivity index (χ1n) is 6.26. The van der Waals surface area contributed by atoms with Crippen molar-refractivity contribution in [2.24, 2.45) is 0 Å². The Kier molecular flexibility index (Phi) is 3.90. The number of aromatic nitrogens is 2. The molecule has 0 spiro atoms. The van der Waals surface area contributed by atoms with E-state index < -0.39 is 23.8 Å². The topological polar surface area (TPSA) is 76.2 Å². The van der Waals surface area contributed by atoms with Gasteiger partial charge in [0.2, 0.25) is 0 Å². The molecule has 0 saturated heterocycles. The maximum Gasteiger partial charge on any atom is 0.573 e. The number of anilines is 1. The summed E-state index contributed by atoms with van der Waals surface area (Å²) >= 11 is 0. The molecule has 0 fully saturated rings. The second-order valence-corrected chi connectivity index (χ2v) is 5.48. The molecule has 0 radical (unpaired) electrons. The zero-order valence-electron chi connectivity index (χ0n) is 12.0. The lowest BCUT2D eigenvalue weighted by Gasteiger charge is -2.20. The third kappa shape index (κ3) is 4.27. The van der Waals surface area contributed by atoms with Crippen molar-refractivity contribution in [2.45, 2.75) is 32.7 Å². The summed E-state index contributed by atoms with van der Waals surface area (Å²) in [5.41, 5.74) is -0.517. The molecule has 0 bridgehead atoms. The monoisotopic (exact) mass is 317 g/mol. The third-order valence-corrected chi connectivity index (χ3v) is 2.40. The van der Waals surface area contributed by atoms with Crippen LogP contribution >= 0.6 is 0 Å². The summed E-state index contributed by atoms with van der Waals surface area (Å²) in [6.45, 7) is 4.91. The van der Waals surface area contributed by atoms with Crippen LogP contribution in [0.5, 0.6) is 5.75 Å². The van der Waals surface area contributed by atoms with E-state index in [4.69, 9.17) is 4.74 Å². The number of aromatic amines is 1. The summed E-state index contributed by atoms with van der Waals surface area (Å²) in [5.74, 6) is -0.549. The van der Waals surface area contributed by atoms with Gasteiger partial charge in [0.05, 0.1) is 17.4 Å². The minimum atomic E-state index is -4.89. The fraction of sp³-hybridized carbons (Fsp3) is 0.385. The lowest BCUT2D eigenvalue weighted by Crippen LogP contribution is -2.27. The molecule has 2 N–H and O–H groups in total. The van der Waals surface area contributed by atoms with Gasteiger partial charge in [-0.2, -0.15) is 5.10 Å². The molecule has 9 heteroatoms. The molecule has 2 aromatic rings. The minimum absolute atomic E-state index is 0.177. The number of halogens is 3. The van der Waals surface area contributed by atoms with Gasteiger partial charge in [-0.15, -0.1) is 13.2 Å². The van der Waals surface area contributed by atoms with Crippen molar-refractivity contribution < 1.29 is 27.4 Å². The molecule has 0 atom stereocenters. The maximum absolute atomic E-state index is 12.5. The quantitative estimate of drug-likeness (QED) is 0.883. The molecule has 0 unspecified atom stereocenters. The Labute approximate surface area is 123 Å². The van der Waals surface area contributed by atoms with E-state index in [1.807, 2.05) is 0 Å². The standard InChI is InChI=1S/C13H14F3N3O3/c1-12(2,3)22-11(20)18-9-5-8-7(6-17-19-8)4-10(9)21-13(14,15)16/h4-6H,1-3H3,(H,17,19)(H,18,20). The van der Waals surface area contributed by atoms with E-state index in [1.54, 1.807) is 20.8 Å². The van der Waals surface area contributed by atoms with Crippen LogP contribution in [0.25, 0.3) is 10.9 Å². The number of carbonyl (C=O) groups is 1. The van der Waals surface area contributed by atoms with Gasteiger partial charge in [-0.3, -0.25) is 10.4 Å². The van der Waals surface area contributed by atoms with Crippen molar-refractivity contribution >= 4 is 22.7 Å². The van der Waals surface area contributed by atoms with Crippen LogP contribution < -0.4 is 10.1 Å². The number of amides is 1. The number of fused-ring (bicyclic) bond motifs is 1. The first kappa shape index (κ1) is 15.9. The first-order valence-corrected chi connectivity index (χ1v) is 6.26. The minimum Gasteiger partial charge on any atom is -0.444 e. The number of hydrogen-bond donors (Lipinski definition) is 2. The van der Waals surface area contributed by atoms with Crippen molar-refractivity contribution in [2.75, 3.05) is 5.32 Å². The molecule has 0 aliphatic heterocycles. The Morgan fingerprint density at radius 3 is 2.55 bits per heavy atom. The SMILES string of the molecule is CC(C)(C)OC(=O)Nc1cc2[nH]ncc2cc1OC(F)(F)F.